The highest BCUT2D eigenvalue weighted by atomic mass is 16.7. The molecule has 4 rings (SSSR count). The number of piperidine rings is 1. The van der Waals surface area contributed by atoms with E-state index >= 15 is 0 Å². The number of benzene rings is 1. The van der Waals surface area contributed by atoms with Gasteiger partial charge in [-0.3, -0.25) is 9.59 Å². The second kappa shape index (κ2) is 6.57. The van der Waals surface area contributed by atoms with Crippen molar-refractivity contribution in [1.82, 2.24) is 14.9 Å². The number of likely N-dealkylation sites (tertiary alicyclic amines) is 1. The minimum atomic E-state index is -0.478. The van der Waals surface area contributed by atoms with Crippen LogP contribution < -0.4 is 5.56 Å². The SMILES string of the molecule is O=C(CCc1nc2ccccc2[nH]c1=O)N1CCC2(CC1)OCCO2. The van der Waals surface area contributed by atoms with E-state index in [2.05, 4.69) is 9.97 Å². The van der Waals surface area contributed by atoms with Gasteiger partial charge in [-0.2, -0.15) is 0 Å². The van der Waals surface area contributed by atoms with E-state index in [1.807, 2.05) is 29.2 Å². The molecule has 2 aliphatic heterocycles. The molecule has 0 aliphatic carbocycles. The lowest BCUT2D eigenvalue weighted by atomic mass is 10.0. The first kappa shape index (κ1) is 16.2. The van der Waals surface area contributed by atoms with Crippen LogP contribution in [-0.2, 0) is 20.7 Å². The van der Waals surface area contributed by atoms with Crippen LogP contribution in [0.2, 0.25) is 0 Å². The molecule has 0 unspecified atom stereocenters. The van der Waals surface area contributed by atoms with Crippen LogP contribution in [0, 0.1) is 0 Å². The van der Waals surface area contributed by atoms with Crippen molar-refractivity contribution in [2.45, 2.75) is 31.5 Å². The minimum Gasteiger partial charge on any atom is -0.347 e. The number of H-pyrrole nitrogens is 1. The summed E-state index contributed by atoms with van der Waals surface area (Å²) >= 11 is 0. The Hall–Kier alpha value is -2.25. The number of nitrogens with one attached hydrogen (secondary N) is 1. The van der Waals surface area contributed by atoms with Gasteiger partial charge >= 0.3 is 0 Å². The first-order valence-electron chi connectivity index (χ1n) is 8.69. The maximum atomic E-state index is 12.5. The molecule has 0 atom stereocenters. The second-order valence-corrected chi connectivity index (χ2v) is 6.52. The molecule has 2 aromatic rings. The quantitative estimate of drug-likeness (QED) is 0.906. The number of rotatable bonds is 3. The number of hydrogen-bond donors (Lipinski definition) is 1. The molecule has 1 aromatic carbocycles. The van der Waals surface area contributed by atoms with E-state index in [4.69, 9.17) is 9.47 Å². The van der Waals surface area contributed by atoms with E-state index < -0.39 is 5.79 Å². The zero-order chi connectivity index (χ0) is 17.3. The molecule has 0 bridgehead atoms. The third-order valence-electron chi connectivity index (χ3n) is 4.94. The van der Waals surface area contributed by atoms with E-state index in [0.29, 0.717) is 56.8 Å². The zero-order valence-electron chi connectivity index (χ0n) is 14.0. The topological polar surface area (TPSA) is 84.5 Å². The summed E-state index contributed by atoms with van der Waals surface area (Å²) in [6, 6.07) is 7.39. The summed E-state index contributed by atoms with van der Waals surface area (Å²) in [5.41, 5.74) is 1.63. The van der Waals surface area contributed by atoms with Crippen molar-refractivity contribution in [3.8, 4) is 0 Å². The molecule has 1 spiro atoms. The molecule has 2 fully saturated rings. The zero-order valence-corrected chi connectivity index (χ0v) is 14.0. The number of nitrogens with zero attached hydrogens (tertiary/aromatic N) is 2. The smallest absolute Gasteiger partial charge is 0.270 e. The van der Waals surface area contributed by atoms with Gasteiger partial charge in [-0.1, -0.05) is 12.1 Å². The molecule has 0 radical (unpaired) electrons. The van der Waals surface area contributed by atoms with Gasteiger partial charge in [0.1, 0.15) is 5.69 Å². The van der Waals surface area contributed by atoms with Crippen LogP contribution in [0.5, 0.6) is 0 Å². The second-order valence-electron chi connectivity index (χ2n) is 6.52. The highest BCUT2D eigenvalue weighted by Gasteiger charge is 2.40. The van der Waals surface area contributed by atoms with Crippen molar-refractivity contribution >= 4 is 16.9 Å². The van der Waals surface area contributed by atoms with Crippen LogP contribution in [0.25, 0.3) is 11.0 Å². The Labute approximate surface area is 145 Å². The Morgan fingerprint density at radius 3 is 2.68 bits per heavy atom. The number of ether oxygens (including phenoxy) is 2. The molecule has 2 aliphatic rings. The summed E-state index contributed by atoms with van der Waals surface area (Å²) < 4.78 is 11.4. The van der Waals surface area contributed by atoms with Crippen LogP contribution in [0.4, 0.5) is 0 Å². The maximum absolute atomic E-state index is 12.5. The van der Waals surface area contributed by atoms with Crippen LogP contribution in [-0.4, -0.2) is 52.9 Å². The molecule has 3 heterocycles. The Morgan fingerprint density at radius 1 is 1.20 bits per heavy atom. The van der Waals surface area contributed by atoms with Crippen molar-refractivity contribution < 1.29 is 14.3 Å². The van der Waals surface area contributed by atoms with E-state index in [1.54, 1.807) is 0 Å². The first-order valence-corrected chi connectivity index (χ1v) is 8.69. The van der Waals surface area contributed by atoms with Crippen LogP contribution >= 0.6 is 0 Å². The Morgan fingerprint density at radius 2 is 1.92 bits per heavy atom. The van der Waals surface area contributed by atoms with Gasteiger partial charge in [0.15, 0.2) is 5.79 Å². The first-order chi connectivity index (χ1) is 12.2. The fraction of sp³-hybridized carbons (Fsp3) is 0.500. The highest BCUT2D eigenvalue weighted by molar-refractivity contribution is 5.77. The summed E-state index contributed by atoms with van der Waals surface area (Å²) in [7, 11) is 0. The number of amides is 1. The average molecular weight is 343 g/mol. The van der Waals surface area contributed by atoms with Gasteiger partial charge in [-0.25, -0.2) is 4.98 Å². The summed E-state index contributed by atoms with van der Waals surface area (Å²) in [4.78, 5) is 33.6. The maximum Gasteiger partial charge on any atom is 0.270 e. The molecule has 1 aromatic heterocycles. The summed E-state index contributed by atoms with van der Waals surface area (Å²) in [6.45, 7) is 2.51. The van der Waals surface area contributed by atoms with Crippen molar-refractivity contribution in [1.29, 1.82) is 0 Å². The predicted octanol–water partition coefficient (Wildman–Crippen LogP) is 1.22. The predicted molar refractivity (Wildman–Crippen MR) is 91.1 cm³/mol. The van der Waals surface area contributed by atoms with Crippen LogP contribution in [0.1, 0.15) is 25.0 Å². The van der Waals surface area contributed by atoms with E-state index in [-0.39, 0.29) is 17.9 Å². The van der Waals surface area contributed by atoms with Crippen molar-refractivity contribution in [3.05, 3.63) is 40.3 Å². The normalized spacial score (nSPS) is 19.6. The molecule has 1 N–H and O–H groups in total. The number of carbonyl (C=O) groups excluding carboxylic acids is 1. The number of fused-ring (bicyclic) bond motifs is 1. The highest BCUT2D eigenvalue weighted by Crippen LogP contribution is 2.31. The van der Waals surface area contributed by atoms with E-state index in [1.165, 1.54) is 0 Å². The molecular weight excluding hydrogens is 322 g/mol. The summed E-state index contributed by atoms with van der Waals surface area (Å²) in [6.07, 6.45) is 2.03. The van der Waals surface area contributed by atoms with Gasteiger partial charge in [0.2, 0.25) is 5.91 Å². The average Bonchev–Trinajstić information content (AvgIpc) is 3.08. The van der Waals surface area contributed by atoms with E-state index in [0.717, 1.165) is 5.52 Å². The van der Waals surface area contributed by atoms with Gasteiger partial charge in [-0.05, 0) is 12.1 Å². The molecule has 0 saturated carbocycles. The van der Waals surface area contributed by atoms with E-state index in [9.17, 15) is 9.59 Å². The molecule has 25 heavy (non-hydrogen) atoms. The number of para-hydroxylation sites is 2. The number of aryl methyl sites for hydroxylation is 1. The molecular formula is C18H21N3O4. The van der Waals surface area contributed by atoms with Gasteiger partial charge < -0.3 is 19.4 Å². The lowest BCUT2D eigenvalue weighted by Gasteiger charge is -2.37. The van der Waals surface area contributed by atoms with Gasteiger partial charge in [0.25, 0.3) is 5.56 Å². The summed E-state index contributed by atoms with van der Waals surface area (Å²) in [5, 5.41) is 0. The lowest BCUT2D eigenvalue weighted by molar-refractivity contribution is -0.187. The lowest BCUT2D eigenvalue weighted by Crippen LogP contribution is -2.47. The van der Waals surface area contributed by atoms with Crippen LogP contribution in [0.15, 0.2) is 29.1 Å². The fourth-order valence-corrected chi connectivity index (χ4v) is 3.50. The Balaban J connectivity index is 1.37. The molecule has 2 saturated heterocycles. The fourth-order valence-electron chi connectivity index (χ4n) is 3.50. The number of aromatic nitrogens is 2. The van der Waals surface area contributed by atoms with Crippen molar-refractivity contribution in [2.75, 3.05) is 26.3 Å². The minimum absolute atomic E-state index is 0.0437. The monoisotopic (exact) mass is 343 g/mol. The Bertz CT molecular complexity index is 832. The molecule has 7 heteroatoms. The van der Waals surface area contributed by atoms with Crippen LogP contribution in [0.3, 0.4) is 0 Å². The third kappa shape index (κ3) is 3.29. The summed E-state index contributed by atoms with van der Waals surface area (Å²) in [5.74, 6) is -0.435. The molecule has 132 valence electrons. The molecule has 1 amide bonds. The van der Waals surface area contributed by atoms with Gasteiger partial charge in [0, 0.05) is 38.8 Å². The third-order valence-corrected chi connectivity index (χ3v) is 4.94. The number of carbonyl (C=O) groups is 1. The molecule has 7 nitrogen and oxygen atoms in total. The number of hydrogen-bond acceptors (Lipinski definition) is 5. The standard InChI is InChI=1S/C18H21N3O4/c22-16(21-9-7-18(8-10-21)24-11-12-25-18)6-5-15-17(23)20-14-4-2-1-3-13(14)19-15/h1-4H,5-12H2,(H,20,23). The van der Waals surface area contributed by atoms with Gasteiger partial charge in [-0.15, -0.1) is 0 Å². The van der Waals surface area contributed by atoms with Gasteiger partial charge in [0.05, 0.1) is 24.2 Å². The van der Waals surface area contributed by atoms with Crippen molar-refractivity contribution in [2.24, 2.45) is 0 Å². The largest absolute Gasteiger partial charge is 0.347 e. The Kier molecular flexibility index (Phi) is 4.27. The van der Waals surface area contributed by atoms with Crippen molar-refractivity contribution in [3.63, 3.8) is 0 Å². The number of aromatic amines is 1.